The Morgan fingerprint density at radius 1 is 1.23 bits per heavy atom. The fourth-order valence-corrected chi connectivity index (χ4v) is 2.35. The van der Waals surface area contributed by atoms with Crippen LogP contribution in [0.5, 0.6) is 0 Å². The van der Waals surface area contributed by atoms with E-state index in [0.29, 0.717) is 6.04 Å². The van der Waals surface area contributed by atoms with Gasteiger partial charge in [0, 0.05) is 19.2 Å². The van der Waals surface area contributed by atoms with Crippen LogP contribution in [-0.2, 0) is 16.8 Å². The Morgan fingerprint density at radius 3 is 2.50 bits per heavy atom. The molecule has 128 valence electrons. The first-order chi connectivity index (χ1) is 10.2. The molecule has 0 atom stereocenters. The van der Waals surface area contributed by atoms with E-state index >= 15 is 0 Å². The SMILES string of the molecule is CCCC(C)(C)OCCC(C)(C)n1cc(CNC(C)C)nn1. The van der Waals surface area contributed by atoms with Gasteiger partial charge in [0.25, 0.3) is 0 Å². The van der Waals surface area contributed by atoms with E-state index < -0.39 is 0 Å². The standard InChI is InChI=1S/C17H34N4O/c1-8-9-17(6,7)22-11-10-16(4,5)21-13-15(19-20-21)12-18-14(2)3/h13-14,18H,8-12H2,1-7H3. The molecule has 0 amide bonds. The first-order valence-electron chi connectivity index (χ1n) is 8.45. The topological polar surface area (TPSA) is 52.0 Å². The summed E-state index contributed by atoms with van der Waals surface area (Å²) in [6.07, 6.45) is 5.18. The molecule has 0 saturated carbocycles. The molecule has 0 fully saturated rings. The Labute approximate surface area is 135 Å². The minimum absolute atomic E-state index is 0.0421. The van der Waals surface area contributed by atoms with Crippen molar-refractivity contribution in [3.8, 4) is 0 Å². The fraction of sp³-hybridized carbons (Fsp3) is 0.882. The zero-order valence-electron chi connectivity index (χ0n) is 15.4. The molecule has 0 saturated heterocycles. The van der Waals surface area contributed by atoms with E-state index in [4.69, 9.17) is 4.74 Å². The summed E-state index contributed by atoms with van der Waals surface area (Å²) < 4.78 is 8.00. The summed E-state index contributed by atoms with van der Waals surface area (Å²) in [6.45, 7) is 16.6. The van der Waals surface area contributed by atoms with Gasteiger partial charge in [-0.1, -0.05) is 32.4 Å². The number of ether oxygens (including phenoxy) is 1. The van der Waals surface area contributed by atoms with Gasteiger partial charge in [-0.25, -0.2) is 4.68 Å². The highest BCUT2D eigenvalue weighted by atomic mass is 16.5. The van der Waals surface area contributed by atoms with Gasteiger partial charge in [0.1, 0.15) is 0 Å². The van der Waals surface area contributed by atoms with Gasteiger partial charge >= 0.3 is 0 Å². The van der Waals surface area contributed by atoms with Crippen LogP contribution in [0.1, 0.15) is 73.4 Å². The quantitative estimate of drug-likeness (QED) is 0.718. The van der Waals surface area contributed by atoms with Crippen molar-refractivity contribution >= 4 is 0 Å². The third kappa shape index (κ3) is 6.44. The van der Waals surface area contributed by atoms with Crippen LogP contribution in [0.3, 0.4) is 0 Å². The Balaban J connectivity index is 2.52. The molecule has 0 spiro atoms. The highest BCUT2D eigenvalue weighted by Gasteiger charge is 2.24. The fourth-order valence-electron chi connectivity index (χ4n) is 2.35. The van der Waals surface area contributed by atoms with Crippen molar-refractivity contribution in [2.24, 2.45) is 0 Å². The average molecular weight is 310 g/mol. The molecule has 1 N–H and O–H groups in total. The maximum absolute atomic E-state index is 6.04. The number of hydrogen-bond acceptors (Lipinski definition) is 4. The van der Waals surface area contributed by atoms with Crippen LogP contribution in [0.2, 0.25) is 0 Å². The second-order valence-corrected chi connectivity index (χ2v) is 7.61. The van der Waals surface area contributed by atoms with Crippen molar-refractivity contribution in [3.05, 3.63) is 11.9 Å². The highest BCUT2D eigenvalue weighted by molar-refractivity contribution is 4.95. The number of aromatic nitrogens is 3. The number of nitrogens with one attached hydrogen (secondary N) is 1. The maximum Gasteiger partial charge on any atom is 0.0965 e. The molecule has 0 aliphatic rings. The van der Waals surface area contributed by atoms with E-state index in [1.807, 2.05) is 10.9 Å². The summed E-state index contributed by atoms with van der Waals surface area (Å²) in [4.78, 5) is 0. The normalized spacial score (nSPS) is 13.1. The molecule has 5 heteroatoms. The van der Waals surface area contributed by atoms with Crippen LogP contribution >= 0.6 is 0 Å². The van der Waals surface area contributed by atoms with Crippen LogP contribution in [-0.4, -0.2) is 33.2 Å². The molecule has 1 aromatic heterocycles. The van der Waals surface area contributed by atoms with Crippen molar-refractivity contribution in [1.82, 2.24) is 20.3 Å². The number of hydrogen-bond donors (Lipinski definition) is 1. The van der Waals surface area contributed by atoms with Crippen molar-refractivity contribution in [3.63, 3.8) is 0 Å². The lowest BCUT2D eigenvalue weighted by atomic mass is 10.0. The first-order valence-corrected chi connectivity index (χ1v) is 8.45. The predicted molar refractivity (Wildman–Crippen MR) is 90.9 cm³/mol. The van der Waals surface area contributed by atoms with Gasteiger partial charge in [-0.15, -0.1) is 5.10 Å². The van der Waals surface area contributed by atoms with Crippen molar-refractivity contribution in [2.45, 2.75) is 91.5 Å². The minimum Gasteiger partial charge on any atom is -0.375 e. The molecule has 0 bridgehead atoms. The Morgan fingerprint density at radius 2 is 1.91 bits per heavy atom. The molecule has 1 rings (SSSR count). The smallest absolute Gasteiger partial charge is 0.0965 e. The first kappa shape index (κ1) is 19.1. The van der Waals surface area contributed by atoms with E-state index in [-0.39, 0.29) is 11.1 Å². The second-order valence-electron chi connectivity index (χ2n) is 7.61. The summed E-state index contributed by atoms with van der Waals surface area (Å²) in [5.74, 6) is 0. The largest absolute Gasteiger partial charge is 0.375 e. The molecule has 0 aliphatic heterocycles. The Bertz CT molecular complexity index is 438. The molecule has 5 nitrogen and oxygen atoms in total. The summed E-state index contributed by atoms with van der Waals surface area (Å²) in [5.41, 5.74) is 0.847. The van der Waals surface area contributed by atoms with E-state index in [2.05, 4.69) is 64.1 Å². The average Bonchev–Trinajstić information content (AvgIpc) is 2.85. The molecule has 1 heterocycles. The van der Waals surface area contributed by atoms with Gasteiger partial charge in [0.15, 0.2) is 0 Å². The Hall–Kier alpha value is -0.940. The van der Waals surface area contributed by atoms with Gasteiger partial charge < -0.3 is 10.1 Å². The van der Waals surface area contributed by atoms with Gasteiger partial charge in [-0.2, -0.15) is 0 Å². The van der Waals surface area contributed by atoms with E-state index in [0.717, 1.165) is 38.1 Å². The third-order valence-electron chi connectivity index (χ3n) is 3.91. The predicted octanol–water partition coefficient (Wildman–Crippen LogP) is 3.50. The molecular formula is C17H34N4O. The van der Waals surface area contributed by atoms with Crippen LogP contribution < -0.4 is 5.32 Å². The molecule has 22 heavy (non-hydrogen) atoms. The van der Waals surface area contributed by atoms with Gasteiger partial charge in [0.2, 0.25) is 0 Å². The molecule has 0 radical (unpaired) electrons. The molecule has 0 aromatic carbocycles. The minimum atomic E-state index is -0.0919. The molecule has 0 unspecified atom stereocenters. The van der Waals surface area contributed by atoms with Crippen LogP contribution in [0.15, 0.2) is 6.20 Å². The van der Waals surface area contributed by atoms with Gasteiger partial charge in [-0.3, -0.25) is 0 Å². The van der Waals surface area contributed by atoms with E-state index in [9.17, 15) is 0 Å². The monoisotopic (exact) mass is 310 g/mol. The lowest BCUT2D eigenvalue weighted by Gasteiger charge is -2.29. The lowest BCUT2D eigenvalue weighted by molar-refractivity contribution is -0.0344. The second kappa shape index (κ2) is 8.06. The summed E-state index contributed by atoms with van der Waals surface area (Å²) >= 11 is 0. The van der Waals surface area contributed by atoms with Gasteiger partial charge in [0.05, 0.1) is 23.0 Å². The Kier molecular flexibility index (Phi) is 7.00. The highest BCUT2D eigenvalue weighted by Crippen LogP contribution is 2.22. The summed E-state index contributed by atoms with van der Waals surface area (Å²) in [6, 6.07) is 0.451. The lowest BCUT2D eigenvalue weighted by Crippen LogP contribution is -2.32. The van der Waals surface area contributed by atoms with Crippen LogP contribution in [0.25, 0.3) is 0 Å². The van der Waals surface area contributed by atoms with Gasteiger partial charge in [-0.05, 0) is 40.5 Å². The maximum atomic E-state index is 6.04. The number of rotatable bonds is 10. The molecule has 1 aromatic rings. The van der Waals surface area contributed by atoms with Crippen molar-refractivity contribution < 1.29 is 4.74 Å². The van der Waals surface area contributed by atoms with Crippen molar-refractivity contribution in [1.29, 1.82) is 0 Å². The third-order valence-corrected chi connectivity index (χ3v) is 3.91. The van der Waals surface area contributed by atoms with E-state index in [1.54, 1.807) is 0 Å². The zero-order chi connectivity index (χ0) is 16.8. The van der Waals surface area contributed by atoms with Crippen LogP contribution in [0, 0.1) is 0 Å². The van der Waals surface area contributed by atoms with Crippen LogP contribution in [0.4, 0.5) is 0 Å². The van der Waals surface area contributed by atoms with E-state index in [1.165, 1.54) is 0 Å². The number of nitrogens with zero attached hydrogens (tertiary/aromatic N) is 3. The summed E-state index contributed by atoms with van der Waals surface area (Å²) in [7, 11) is 0. The molecular weight excluding hydrogens is 276 g/mol. The van der Waals surface area contributed by atoms with Crippen molar-refractivity contribution in [2.75, 3.05) is 6.61 Å². The summed E-state index contributed by atoms with van der Waals surface area (Å²) in [5, 5.41) is 11.9. The zero-order valence-corrected chi connectivity index (χ0v) is 15.4. The molecule has 0 aliphatic carbocycles.